The molecule has 0 bridgehead atoms. The molecule has 0 saturated carbocycles. The first-order chi connectivity index (χ1) is 6.65. The summed E-state index contributed by atoms with van der Waals surface area (Å²) in [7, 11) is 0. The lowest BCUT2D eigenvalue weighted by Crippen LogP contribution is -2.23. The predicted octanol–water partition coefficient (Wildman–Crippen LogP) is 1.41. The van der Waals surface area contributed by atoms with E-state index in [-0.39, 0.29) is 6.61 Å². The Morgan fingerprint density at radius 3 is 2.86 bits per heavy atom. The summed E-state index contributed by atoms with van der Waals surface area (Å²) in [6.45, 7) is 1.95. The van der Waals surface area contributed by atoms with Crippen molar-refractivity contribution in [2.45, 2.75) is 13.0 Å². The Kier molecular flexibility index (Phi) is 4.20. The summed E-state index contributed by atoms with van der Waals surface area (Å²) in [5.41, 5.74) is 1.76. The molecular formula is C10H14ClNO2. The SMILES string of the molecule is Cc1cccc(NCC(O)CO)c1Cl. The second-order valence-electron chi connectivity index (χ2n) is 3.15. The van der Waals surface area contributed by atoms with Crippen molar-refractivity contribution in [1.29, 1.82) is 0 Å². The van der Waals surface area contributed by atoms with Gasteiger partial charge in [0, 0.05) is 6.54 Å². The molecule has 0 aliphatic carbocycles. The zero-order valence-corrected chi connectivity index (χ0v) is 8.75. The molecule has 4 heteroatoms. The van der Waals surface area contributed by atoms with Crippen LogP contribution < -0.4 is 5.32 Å². The zero-order valence-electron chi connectivity index (χ0n) is 8.00. The molecule has 14 heavy (non-hydrogen) atoms. The summed E-state index contributed by atoms with van der Waals surface area (Å²) in [5, 5.41) is 21.4. The van der Waals surface area contributed by atoms with Crippen LogP contribution in [0.4, 0.5) is 5.69 Å². The van der Waals surface area contributed by atoms with Crippen LogP contribution in [0, 0.1) is 6.92 Å². The average molecular weight is 216 g/mol. The van der Waals surface area contributed by atoms with Gasteiger partial charge in [0.05, 0.1) is 23.4 Å². The Labute approximate surface area is 88.3 Å². The molecule has 0 saturated heterocycles. The minimum absolute atomic E-state index is 0.254. The van der Waals surface area contributed by atoms with Crippen LogP contribution in [0.25, 0.3) is 0 Å². The maximum Gasteiger partial charge on any atom is 0.0942 e. The molecule has 0 aliphatic rings. The second-order valence-corrected chi connectivity index (χ2v) is 3.53. The Morgan fingerprint density at radius 2 is 2.21 bits per heavy atom. The third-order valence-corrected chi connectivity index (χ3v) is 2.43. The zero-order chi connectivity index (χ0) is 10.6. The summed E-state index contributed by atoms with van der Waals surface area (Å²) in [6, 6.07) is 5.63. The van der Waals surface area contributed by atoms with Crippen LogP contribution in [0.1, 0.15) is 5.56 Å². The molecule has 0 spiro atoms. The molecule has 1 aromatic rings. The van der Waals surface area contributed by atoms with Crippen LogP contribution in [0.5, 0.6) is 0 Å². The van der Waals surface area contributed by atoms with Gasteiger partial charge in [0.2, 0.25) is 0 Å². The fraction of sp³-hybridized carbons (Fsp3) is 0.400. The van der Waals surface area contributed by atoms with Crippen LogP contribution in [0.2, 0.25) is 5.02 Å². The molecule has 0 aliphatic heterocycles. The van der Waals surface area contributed by atoms with Gasteiger partial charge < -0.3 is 15.5 Å². The molecule has 1 unspecified atom stereocenters. The molecule has 1 rings (SSSR count). The predicted molar refractivity (Wildman–Crippen MR) is 57.8 cm³/mol. The van der Waals surface area contributed by atoms with E-state index < -0.39 is 6.10 Å². The standard InChI is InChI=1S/C10H14ClNO2/c1-7-3-2-4-9(10(7)11)12-5-8(14)6-13/h2-4,8,12-14H,5-6H2,1H3. The van der Waals surface area contributed by atoms with Gasteiger partial charge in [-0.15, -0.1) is 0 Å². The lowest BCUT2D eigenvalue weighted by atomic mass is 10.2. The largest absolute Gasteiger partial charge is 0.394 e. The monoisotopic (exact) mass is 215 g/mol. The summed E-state index contributed by atoms with van der Waals surface area (Å²) >= 11 is 6.01. The molecule has 0 heterocycles. The maximum absolute atomic E-state index is 9.12. The number of benzene rings is 1. The summed E-state index contributed by atoms with van der Waals surface area (Å²) in [4.78, 5) is 0. The highest BCUT2D eigenvalue weighted by atomic mass is 35.5. The number of rotatable bonds is 4. The minimum Gasteiger partial charge on any atom is -0.394 e. The Bertz CT molecular complexity index is 304. The van der Waals surface area contributed by atoms with Gasteiger partial charge in [-0.2, -0.15) is 0 Å². The van der Waals surface area contributed by atoms with E-state index in [1.807, 2.05) is 25.1 Å². The van der Waals surface area contributed by atoms with Crippen molar-refractivity contribution < 1.29 is 10.2 Å². The van der Waals surface area contributed by atoms with Crippen molar-refractivity contribution in [3.63, 3.8) is 0 Å². The number of anilines is 1. The van der Waals surface area contributed by atoms with Crippen molar-refractivity contribution in [2.24, 2.45) is 0 Å². The van der Waals surface area contributed by atoms with Gasteiger partial charge in [-0.1, -0.05) is 23.7 Å². The van der Waals surface area contributed by atoms with Gasteiger partial charge in [-0.05, 0) is 18.6 Å². The third-order valence-electron chi connectivity index (χ3n) is 1.93. The summed E-state index contributed by atoms with van der Waals surface area (Å²) < 4.78 is 0. The van der Waals surface area contributed by atoms with Crippen LogP contribution in [0.3, 0.4) is 0 Å². The summed E-state index contributed by atoms with van der Waals surface area (Å²) in [6.07, 6.45) is -0.758. The highest BCUT2D eigenvalue weighted by Crippen LogP contribution is 2.24. The van der Waals surface area contributed by atoms with E-state index in [1.54, 1.807) is 0 Å². The van der Waals surface area contributed by atoms with Gasteiger partial charge in [0.25, 0.3) is 0 Å². The fourth-order valence-electron chi connectivity index (χ4n) is 1.08. The second kappa shape index (κ2) is 5.20. The molecule has 3 nitrogen and oxygen atoms in total. The molecule has 0 amide bonds. The molecular weight excluding hydrogens is 202 g/mol. The highest BCUT2D eigenvalue weighted by Gasteiger charge is 2.05. The van der Waals surface area contributed by atoms with Crippen molar-refractivity contribution in [3.8, 4) is 0 Å². The molecule has 78 valence electrons. The Hall–Kier alpha value is -0.770. The first-order valence-corrected chi connectivity index (χ1v) is 4.81. The van der Waals surface area contributed by atoms with Gasteiger partial charge in [-0.3, -0.25) is 0 Å². The van der Waals surface area contributed by atoms with Crippen LogP contribution in [-0.4, -0.2) is 29.5 Å². The lowest BCUT2D eigenvalue weighted by Gasteiger charge is -2.12. The molecule has 3 N–H and O–H groups in total. The van der Waals surface area contributed by atoms with Crippen molar-refractivity contribution in [2.75, 3.05) is 18.5 Å². The van der Waals surface area contributed by atoms with E-state index in [0.717, 1.165) is 11.3 Å². The molecule has 1 atom stereocenters. The van der Waals surface area contributed by atoms with E-state index in [1.165, 1.54) is 0 Å². The maximum atomic E-state index is 9.12. The number of aliphatic hydroxyl groups is 2. The van der Waals surface area contributed by atoms with Crippen LogP contribution in [-0.2, 0) is 0 Å². The lowest BCUT2D eigenvalue weighted by molar-refractivity contribution is 0.105. The van der Waals surface area contributed by atoms with Crippen molar-refractivity contribution >= 4 is 17.3 Å². The van der Waals surface area contributed by atoms with Gasteiger partial charge in [-0.25, -0.2) is 0 Å². The van der Waals surface area contributed by atoms with Gasteiger partial charge in [0.15, 0.2) is 0 Å². The quantitative estimate of drug-likeness (QED) is 0.712. The first kappa shape index (κ1) is 11.3. The van der Waals surface area contributed by atoms with Crippen LogP contribution in [0.15, 0.2) is 18.2 Å². The van der Waals surface area contributed by atoms with E-state index in [4.69, 9.17) is 21.8 Å². The number of halogens is 1. The number of hydrogen-bond donors (Lipinski definition) is 3. The Morgan fingerprint density at radius 1 is 1.50 bits per heavy atom. The fourth-order valence-corrected chi connectivity index (χ4v) is 1.27. The molecule has 1 aromatic carbocycles. The number of hydrogen-bond acceptors (Lipinski definition) is 3. The normalized spacial score (nSPS) is 12.6. The van der Waals surface area contributed by atoms with Crippen molar-refractivity contribution in [3.05, 3.63) is 28.8 Å². The molecule has 0 aromatic heterocycles. The van der Waals surface area contributed by atoms with Crippen LogP contribution >= 0.6 is 11.6 Å². The van der Waals surface area contributed by atoms with Gasteiger partial charge in [0.1, 0.15) is 0 Å². The smallest absolute Gasteiger partial charge is 0.0942 e. The number of aliphatic hydroxyl groups excluding tert-OH is 2. The van der Waals surface area contributed by atoms with E-state index in [0.29, 0.717) is 11.6 Å². The minimum atomic E-state index is -0.758. The first-order valence-electron chi connectivity index (χ1n) is 4.43. The third kappa shape index (κ3) is 2.87. The molecule has 0 radical (unpaired) electrons. The average Bonchev–Trinajstić information content (AvgIpc) is 2.20. The highest BCUT2D eigenvalue weighted by molar-refractivity contribution is 6.33. The number of aryl methyl sites for hydroxylation is 1. The van der Waals surface area contributed by atoms with E-state index >= 15 is 0 Å². The Balaban J connectivity index is 2.63. The van der Waals surface area contributed by atoms with Gasteiger partial charge >= 0.3 is 0 Å². The number of nitrogens with one attached hydrogen (secondary N) is 1. The van der Waals surface area contributed by atoms with Crippen molar-refractivity contribution in [1.82, 2.24) is 0 Å². The van der Waals surface area contributed by atoms with E-state index in [2.05, 4.69) is 5.32 Å². The molecule has 0 fully saturated rings. The topological polar surface area (TPSA) is 52.5 Å². The van der Waals surface area contributed by atoms with E-state index in [9.17, 15) is 0 Å². The summed E-state index contributed by atoms with van der Waals surface area (Å²) in [5.74, 6) is 0.